The molecule has 28 heavy (non-hydrogen) atoms. The number of H-pyrrole nitrogens is 1. The van der Waals surface area contributed by atoms with Crippen molar-refractivity contribution >= 4 is 55.6 Å². The molecule has 0 bridgehead atoms. The Balaban J connectivity index is 1.70. The molecule has 0 aliphatic heterocycles. The van der Waals surface area contributed by atoms with Crippen molar-refractivity contribution in [2.45, 2.75) is 0 Å². The van der Waals surface area contributed by atoms with Gasteiger partial charge in [-0.25, -0.2) is 4.98 Å². The minimum atomic E-state index is -0.220. The van der Waals surface area contributed by atoms with Crippen LogP contribution in [-0.4, -0.2) is 16.6 Å². The van der Waals surface area contributed by atoms with E-state index in [1.807, 2.05) is 35.0 Å². The standard InChI is InChI=1S/C20H12ClN3O2S2/c21-15(10-12-3-1-4-13(9-12)26-7-6-22)18-23-19(25)17-14(11-28-20(17)24-18)16-5-2-8-27-16/h1-5,8-11H,7H2,(H,23,24,25)/b15-10-. The summed E-state index contributed by atoms with van der Waals surface area (Å²) in [6.45, 7) is -0.0304. The van der Waals surface area contributed by atoms with Crippen LogP contribution in [0.4, 0.5) is 0 Å². The van der Waals surface area contributed by atoms with Crippen molar-refractivity contribution in [3.8, 4) is 22.3 Å². The number of halogens is 1. The first-order chi connectivity index (χ1) is 13.7. The van der Waals surface area contributed by atoms with Crippen LogP contribution in [0.1, 0.15) is 11.4 Å². The van der Waals surface area contributed by atoms with Crippen molar-refractivity contribution in [1.82, 2.24) is 9.97 Å². The molecule has 0 radical (unpaired) electrons. The van der Waals surface area contributed by atoms with Gasteiger partial charge in [-0.3, -0.25) is 4.79 Å². The van der Waals surface area contributed by atoms with E-state index in [0.717, 1.165) is 16.0 Å². The largest absolute Gasteiger partial charge is 0.479 e. The van der Waals surface area contributed by atoms with Crippen LogP contribution < -0.4 is 10.3 Å². The van der Waals surface area contributed by atoms with Gasteiger partial charge < -0.3 is 9.72 Å². The molecule has 3 aromatic heterocycles. The van der Waals surface area contributed by atoms with Gasteiger partial charge >= 0.3 is 0 Å². The minimum Gasteiger partial charge on any atom is -0.479 e. The first-order valence-corrected chi connectivity index (χ1v) is 10.3. The second-order valence-electron chi connectivity index (χ2n) is 5.73. The monoisotopic (exact) mass is 425 g/mol. The topological polar surface area (TPSA) is 78.8 Å². The SMILES string of the molecule is N#CCOc1cccc(/C=C(\Cl)c2nc3scc(-c4cccs4)c3c(=O)[nH]2)c1. The maximum absolute atomic E-state index is 12.7. The van der Waals surface area contributed by atoms with Crippen LogP contribution >= 0.6 is 34.3 Å². The van der Waals surface area contributed by atoms with Gasteiger partial charge in [-0.2, -0.15) is 5.26 Å². The minimum absolute atomic E-state index is 0.0304. The zero-order valence-corrected chi connectivity index (χ0v) is 16.7. The van der Waals surface area contributed by atoms with Gasteiger partial charge in [0.15, 0.2) is 12.4 Å². The zero-order valence-electron chi connectivity index (χ0n) is 14.3. The predicted octanol–water partition coefficient (Wildman–Crippen LogP) is 5.35. The van der Waals surface area contributed by atoms with Gasteiger partial charge in [0, 0.05) is 15.8 Å². The zero-order chi connectivity index (χ0) is 19.5. The number of thiophene rings is 2. The van der Waals surface area contributed by atoms with E-state index in [2.05, 4.69) is 9.97 Å². The lowest BCUT2D eigenvalue weighted by Crippen LogP contribution is -2.10. The molecule has 0 amide bonds. The molecule has 0 atom stereocenters. The van der Waals surface area contributed by atoms with Crippen LogP contribution in [0, 0.1) is 11.3 Å². The molecule has 0 saturated heterocycles. The molecule has 5 nitrogen and oxygen atoms in total. The molecule has 8 heteroatoms. The Bertz CT molecular complexity index is 1270. The summed E-state index contributed by atoms with van der Waals surface area (Å²) < 4.78 is 5.29. The number of aromatic amines is 1. The highest BCUT2D eigenvalue weighted by Crippen LogP contribution is 2.34. The van der Waals surface area contributed by atoms with Crippen molar-refractivity contribution in [2.24, 2.45) is 0 Å². The van der Waals surface area contributed by atoms with E-state index in [1.165, 1.54) is 11.3 Å². The highest BCUT2D eigenvalue weighted by molar-refractivity contribution is 7.18. The molecule has 1 N–H and O–H groups in total. The van der Waals surface area contributed by atoms with Gasteiger partial charge in [0.25, 0.3) is 5.56 Å². The predicted molar refractivity (Wildman–Crippen MR) is 115 cm³/mol. The molecule has 1 aromatic carbocycles. The summed E-state index contributed by atoms with van der Waals surface area (Å²) in [5.74, 6) is 0.873. The third-order valence-corrected chi connectivity index (χ3v) is 5.98. The molecule has 0 unspecified atom stereocenters. The number of fused-ring (bicyclic) bond motifs is 1. The number of rotatable bonds is 5. The van der Waals surface area contributed by atoms with Crippen LogP contribution in [0.3, 0.4) is 0 Å². The van der Waals surface area contributed by atoms with E-state index in [1.54, 1.807) is 35.6 Å². The van der Waals surface area contributed by atoms with E-state index in [0.29, 0.717) is 26.8 Å². The fourth-order valence-corrected chi connectivity index (χ4v) is 4.68. The molecule has 4 aromatic rings. The van der Waals surface area contributed by atoms with E-state index >= 15 is 0 Å². The number of benzene rings is 1. The van der Waals surface area contributed by atoms with Crippen molar-refractivity contribution < 1.29 is 4.74 Å². The Morgan fingerprint density at radius 3 is 3.00 bits per heavy atom. The van der Waals surface area contributed by atoms with Gasteiger partial charge in [0.1, 0.15) is 16.6 Å². The lowest BCUT2D eigenvalue weighted by molar-refractivity contribution is 0.368. The molecular weight excluding hydrogens is 414 g/mol. The molecular formula is C20H12ClN3O2S2. The molecule has 0 fully saturated rings. The van der Waals surface area contributed by atoms with Gasteiger partial charge in [0.05, 0.1) is 10.4 Å². The van der Waals surface area contributed by atoms with E-state index < -0.39 is 0 Å². The van der Waals surface area contributed by atoms with Crippen LogP contribution in [0.2, 0.25) is 0 Å². The first-order valence-electron chi connectivity index (χ1n) is 8.18. The van der Waals surface area contributed by atoms with Crippen LogP contribution in [0.5, 0.6) is 5.75 Å². The van der Waals surface area contributed by atoms with Crippen molar-refractivity contribution in [2.75, 3.05) is 6.61 Å². The lowest BCUT2D eigenvalue weighted by Gasteiger charge is -2.04. The van der Waals surface area contributed by atoms with E-state index in [9.17, 15) is 4.79 Å². The molecule has 4 rings (SSSR count). The molecule has 0 saturated carbocycles. The summed E-state index contributed by atoms with van der Waals surface area (Å²) >= 11 is 9.41. The second kappa shape index (κ2) is 7.98. The molecule has 0 aliphatic rings. The lowest BCUT2D eigenvalue weighted by atomic mass is 10.2. The Hall–Kier alpha value is -2.92. The first kappa shape index (κ1) is 18.4. The van der Waals surface area contributed by atoms with Gasteiger partial charge in [-0.15, -0.1) is 22.7 Å². The number of nitrogens with zero attached hydrogens (tertiary/aromatic N) is 2. The maximum Gasteiger partial charge on any atom is 0.260 e. The molecule has 0 spiro atoms. The Morgan fingerprint density at radius 1 is 1.32 bits per heavy atom. The number of aromatic nitrogens is 2. The van der Waals surface area contributed by atoms with Crippen LogP contribution in [0.15, 0.2) is 52.0 Å². The Labute approximate surface area is 173 Å². The van der Waals surface area contributed by atoms with Crippen molar-refractivity contribution in [3.63, 3.8) is 0 Å². The number of hydrogen-bond donors (Lipinski definition) is 1. The third kappa shape index (κ3) is 3.71. The number of ether oxygens (including phenoxy) is 1. The molecule has 0 aliphatic carbocycles. The van der Waals surface area contributed by atoms with Crippen molar-refractivity contribution in [1.29, 1.82) is 5.26 Å². The van der Waals surface area contributed by atoms with Gasteiger partial charge in [0.2, 0.25) is 0 Å². The van der Waals surface area contributed by atoms with E-state index in [4.69, 9.17) is 21.6 Å². The van der Waals surface area contributed by atoms with Crippen LogP contribution in [-0.2, 0) is 0 Å². The summed E-state index contributed by atoms with van der Waals surface area (Å²) in [6, 6.07) is 13.0. The summed E-state index contributed by atoms with van der Waals surface area (Å²) in [4.78, 5) is 21.7. The van der Waals surface area contributed by atoms with Crippen molar-refractivity contribution in [3.05, 3.63) is 68.9 Å². The number of hydrogen-bond acceptors (Lipinski definition) is 6. The second-order valence-corrected chi connectivity index (χ2v) is 7.95. The third-order valence-electron chi connectivity index (χ3n) is 3.91. The summed E-state index contributed by atoms with van der Waals surface area (Å²) in [5, 5.41) is 13.4. The normalized spacial score (nSPS) is 11.5. The fourth-order valence-electron chi connectivity index (χ4n) is 2.70. The average molecular weight is 426 g/mol. The molecule has 138 valence electrons. The highest BCUT2D eigenvalue weighted by atomic mass is 35.5. The number of nitrogens with one attached hydrogen (secondary N) is 1. The summed E-state index contributed by atoms with van der Waals surface area (Å²) in [6.07, 6.45) is 1.69. The van der Waals surface area contributed by atoms with E-state index in [-0.39, 0.29) is 12.2 Å². The summed E-state index contributed by atoms with van der Waals surface area (Å²) in [7, 11) is 0. The Kier molecular flexibility index (Phi) is 5.26. The van der Waals surface area contributed by atoms with Crippen LogP contribution in [0.25, 0.3) is 31.8 Å². The quantitative estimate of drug-likeness (QED) is 0.467. The smallest absolute Gasteiger partial charge is 0.260 e. The average Bonchev–Trinajstić information content (AvgIpc) is 3.36. The fraction of sp³-hybridized carbons (Fsp3) is 0.0500. The summed E-state index contributed by atoms with van der Waals surface area (Å²) in [5.41, 5.74) is 1.44. The maximum atomic E-state index is 12.7. The number of nitriles is 1. The van der Waals surface area contributed by atoms with Gasteiger partial charge in [-0.1, -0.05) is 29.8 Å². The van der Waals surface area contributed by atoms with Gasteiger partial charge in [-0.05, 0) is 35.2 Å². The highest BCUT2D eigenvalue weighted by Gasteiger charge is 2.14. The molecule has 3 heterocycles. The Morgan fingerprint density at radius 2 is 2.21 bits per heavy atom.